The number of halogens is 8. The first kappa shape index (κ1) is 97.4. The van der Waals surface area contributed by atoms with Crippen molar-refractivity contribution in [3.05, 3.63) is 203 Å². The number of anilines is 7. The Morgan fingerprint density at radius 2 is 0.985 bits per heavy atom. The molecule has 9 fully saturated rings. The third kappa shape index (κ3) is 24.0. The fourth-order valence-corrected chi connectivity index (χ4v) is 21.8. The first-order chi connectivity index (χ1) is 63.3. The number of primary amides is 4. The van der Waals surface area contributed by atoms with E-state index >= 15 is 0 Å². The van der Waals surface area contributed by atoms with Crippen LogP contribution >= 0.6 is 34.8 Å². The van der Waals surface area contributed by atoms with E-state index in [0.29, 0.717) is 62.3 Å². The molecule has 0 radical (unpaired) electrons. The summed E-state index contributed by atoms with van der Waals surface area (Å²) < 4.78 is 77.2. The van der Waals surface area contributed by atoms with Gasteiger partial charge in [-0.15, -0.1) is 0 Å². The largest absolute Gasteiger partial charge is 0.400 e. The number of aliphatic hydroxyl groups is 4. The predicted octanol–water partition coefficient (Wildman–Crippen LogP) is 9.49. The molecule has 8 aromatic rings. The van der Waals surface area contributed by atoms with E-state index in [9.17, 15) is 76.7 Å². The van der Waals surface area contributed by atoms with Gasteiger partial charge in [-0.05, 0) is 236 Å². The third-order valence-corrected chi connectivity index (χ3v) is 27.4. The van der Waals surface area contributed by atoms with Crippen LogP contribution in [0.2, 0.25) is 15.9 Å². The molecule has 36 nitrogen and oxygen atoms in total. The zero-order chi connectivity index (χ0) is 95.1. The molecule has 8 saturated carbocycles. The number of carbonyl (C=O) groups is 4. The molecule has 44 heteroatoms. The van der Waals surface area contributed by atoms with Crippen LogP contribution in [-0.2, 0) is 23.9 Å². The van der Waals surface area contributed by atoms with Gasteiger partial charge in [-0.3, -0.25) is 43.8 Å². The molecule has 24 atom stereocenters. The van der Waals surface area contributed by atoms with Crippen LogP contribution in [0.15, 0.2) is 122 Å². The van der Waals surface area contributed by atoms with E-state index < -0.39 is 88.3 Å². The lowest BCUT2D eigenvalue weighted by atomic mass is 9.76. The summed E-state index contributed by atoms with van der Waals surface area (Å²) in [4.78, 5) is 99.4. The summed E-state index contributed by atoms with van der Waals surface area (Å²) in [6.45, 7) is 3.05. The number of nitro benzene ring substituents is 2. The molecule has 12 bridgehead atoms. The van der Waals surface area contributed by atoms with Gasteiger partial charge in [0.05, 0.1) is 91.7 Å². The maximum absolute atomic E-state index is 14.5. The number of amides is 4. The van der Waals surface area contributed by atoms with Crippen molar-refractivity contribution in [1.82, 2.24) is 50.5 Å². The lowest BCUT2D eigenvalue weighted by Gasteiger charge is -2.35. The van der Waals surface area contributed by atoms with Gasteiger partial charge in [0, 0.05) is 80.0 Å². The van der Waals surface area contributed by atoms with Gasteiger partial charge in [0.2, 0.25) is 45.4 Å². The summed E-state index contributed by atoms with van der Waals surface area (Å²) in [5, 5.41) is 81.5. The number of nitrogens with two attached hydrogens (primary N) is 6. The van der Waals surface area contributed by atoms with E-state index in [1.807, 2.05) is 42.5 Å². The first-order valence-corrected chi connectivity index (χ1v) is 44.0. The fraction of sp³-hybridized carbons (Fsp3) is 0.494. The number of nitrogens with one attached hydrogen (secondary N) is 7. The van der Waals surface area contributed by atoms with Crippen molar-refractivity contribution in [2.75, 3.05) is 85.9 Å². The predicted molar refractivity (Wildman–Crippen MR) is 476 cm³/mol. The molecule has 18 rings (SSSR count). The number of hydrogen-bond donors (Lipinski definition) is 17. The topological polar surface area (TPSA) is 591 Å². The second-order valence-corrected chi connectivity index (χ2v) is 35.4. The first-order valence-electron chi connectivity index (χ1n) is 43.6. The second-order valence-electron chi connectivity index (χ2n) is 34.4. The summed E-state index contributed by atoms with van der Waals surface area (Å²) >= 11 is 17.3. The number of nitro groups is 2. The van der Waals surface area contributed by atoms with Crippen molar-refractivity contribution in [3.8, 4) is 0 Å². The number of alkyl halides is 1. The maximum atomic E-state index is 14.5. The lowest BCUT2D eigenvalue weighted by Crippen LogP contribution is -2.47. The molecule has 131 heavy (non-hydrogen) atoms. The van der Waals surface area contributed by atoms with Crippen LogP contribution in [0.5, 0.6) is 0 Å². The molecule has 8 aliphatic carbocycles. The number of fused-ring (bicyclic) bond motifs is 11. The SMILES string of the molecule is CO.NC(=O)[C@H]1[C@@H]2C[C@@H](CNCC(O)c3cccc(N)c3)[C@@H](C2)[C@H]1Nc1nc(Cl)ncc1F.NC(=O)[C@H]1[C@@H]2C[C@@H](CNCC(O)c3cccc([N+](=O)[O-])c3)[C@@H](C2)[C@H]1Nc1nc(Cl)ncc1F.NC(=O)[C@H]1[C@@H]2C[C@H]3CCCC(O)c4cccc(c4)Nc4ncc(F)c(n4)N[C@@H]1[C@@H]3C2.NC[C@@H]1C[C@@H]2C[C@H]1[C@@H](Nc1nc(Cl)ncc1F)[C@H]2C(N)=O.O=[N+]([O-])c1cccc(C2CO2)c1.[2H]CF. The molecule has 704 valence electrons. The number of aliphatic hydroxyl groups excluding tert-OH is 4. The van der Waals surface area contributed by atoms with Crippen LogP contribution < -0.4 is 71.6 Å². The number of aromatic nitrogens is 8. The summed E-state index contributed by atoms with van der Waals surface area (Å²) in [5.74, 6) is -2.84. The third-order valence-electron chi connectivity index (χ3n) is 26.9. The standard InChI is InChI=1S/C22H26FN5O2.C21H24ClFN6O4.C21H26ClFN6O2.C13H17ClFN5O.C8H7NO3.CH3F.CH4O/c23-16-10-25-22-26-14-5-1-4-12(8-14)17(29)6-2-3-11-7-13-9-15(11)19(18(13)20(24)30)27-21(16)28-22;22-21-26-8-15(23)20(28-21)27-18-14-6-11(17(18)19(24)31)4-12(14)7-25-9-16(30)10-2-1-3-13(5-10)29(32)33;22-21-27-8-15(23)20(29-21)28-18-14-6-11(17(18)19(25)31)4-12(14)7-26-9-16(30)10-2-1-3-13(24)5-10;14-13-18-4-8(15)12(20-13)19-10-7-2-5(1-6(7)3-16)9(10)11(17)21;10-9(11)7-3-1-2-6(4-7)8-5-12-8;2*1-2/h1,4-5,8,10-11,13,15,17-19,29H,2-3,6-7,9H2,(H2,24,30)(H2,25,26,27,28);1-3,5,8,11-12,14,16-18,25,30H,4,6-7,9H2,(H2,24,31)(H,26,27,28);1-3,5,8,11-12,14,16-18,26,30H,4,6-7,9,24H2,(H2,25,31)(H,27,28,29);4-7,9-10H,1-3,16H2,(H2,17,21)(H,18,19,20);1-4,8H,5H2;1H3;2H,1H3/t11-,13-,15-,17?,18+,19-;2*11-,12+,14-,16?,17+,18-;5-,6+,7-,9+,10-;;;/m1111.../s1/i;;;;;1D;. The molecular weight excluding hydrogens is 1780 g/mol. The zero-order valence-electron chi connectivity index (χ0n) is 72.1. The van der Waals surface area contributed by atoms with Crippen molar-refractivity contribution in [2.24, 2.45) is 123 Å². The number of rotatable bonds is 24. The molecule has 0 spiro atoms. The van der Waals surface area contributed by atoms with E-state index in [1.165, 1.54) is 24.3 Å². The highest BCUT2D eigenvalue weighted by atomic mass is 35.5. The monoisotopic (exact) mass is 1880 g/mol. The summed E-state index contributed by atoms with van der Waals surface area (Å²) in [5.41, 5.74) is 38.4. The molecule has 2 aliphatic heterocycles. The van der Waals surface area contributed by atoms with Crippen molar-refractivity contribution >= 4 is 110 Å². The molecule has 23 N–H and O–H groups in total. The number of carbonyl (C=O) groups excluding carboxylic acids is 4. The molecule has 10 aliphatic rings. The highest BCUT2D eigenvalue weighted by Crippen LogP contribution is 2.57. The molecule has 4 aromatic heterocycles. The van der Waals surface area contributed by atoms with Gasteiger partial charge >= 0.3 is 0 Å². The van der Waals surface area contributed by atoms with E-state index in [2.05, 4.69) is 77.1 Å². The zero-order valence-corrected chi connectivity index (χ0v) is 73.3. The Bertz CT molecular complexity index is 5360. The number of hydrogen-bond acceptors (Lipinski definition) is 30. The highest BCUT2D eigenvalue weighted by Gasteiger charge is 2.59. The van der Waals surface area contributed by atoms with Crippen LogP contribution in [0, 0.1) is 138 Å². The lowest BCUT2D eigenvalue weighted by molar-refractivity contribution is -0.385. The molecule has 4 amide bonds. The van der Waals surface area contributed by atoms with E-state index in [1.54, 1.807) is 30.3 Å². The van der Waals surface area contributed by atoms with E-state index in [0.717, 1.165) is 118 Å². The Morgan fingerprint density at radius 3 is 1.46 bits per heavy atom. The van der Waals surface area contributed by atoms with Crippen molar-refractivity contribution in [2.45, 2.75) is 119 Å². The van der Waals surface area contributed by atoms with Crippen LogP contribution in [0.3, 0.4) is 0 Å². The van der Waals surface area contributed by atoms with Gasteiger partial charge in [-0.2, -0.15) is 19.9 Å². The molecule has 4 unspecified atom stereocenters. The Hall–Kier alpha value is -11.1. The summed E-state index contributed by atoms with van der Waals surface area (Å²) in [6, 6.07) is 25.9. The average Bonchev–Trinajstić information content (AvgIpc) is 1.61. The second kappa shape index (κ2) is 44.9. The van der Waals surface area contributed by atoms with Gasteiger partial charge in [-0.1, -0.05) is 55.0 Å². The number of nitrogens with zero attached hydrogens (tertiary/aromatic N) is 10. The van der Waals surface area contributed by atoms with Crippen LogP contribution in [0.1, 0.15) is 119 Å². The van der Waals surface area contributed by atoms with Crippen molar-refractivity contribution in [3.63, 3.8) is 0 Å². The van der Waals surface area contributed by atoms with Gasteiger partial charge < -0.3 is 96.8 Å². The van der Waals surface area contributed by atoms with Crippen molar-refractivity contribution in [1.29, 1.82) is 0 Å². The Labute approximate surface area is 766 Å². The summed E-state index contributed by atoms with van der Waals surface area (Å²) in [6.07, 6.45) is 11.5. The average molecular weight is 1890 g/mol. The minimum absolute atomic E-state index is 0.00886. The minimum atomic E-state index is -1.00. The van der Waals surface area contributed by atoms with Crippen LogP contribution in [0.25, 0.3) is 0 Å². The number of benzene rings is 4. The normalized spacial score (nSPS) is 28.3. The van der Waals surface area contributed by atoms with Gasteiger partial charge in [0.1, 0.15) is 6.10 Å². The molecular formula is C87H107Cl3F5N23O13. The van der Waals surface area contributed by atoms with E-state index in [-0.39, 0.29) is 170 Å². The number of epoxide rings is 1. The Kier molecular flexibility index (Phi) is 33.4. The molecule has 6 heterocycles. The van der Waals surface area contributed by atoms with E-state index in [4.69, 9.17) is 80.4 Å². The molecule has 1 saturated heterocycles. The minimum Gasteiger partial charge on any atom is -0.400 e. The number of nitrogen functional groups attached to an aromatic ring is 1. The Morgan fingerprint density at radius 1 is 0.557 bits per heavy atom. The Balaban J connectivity index is 0.000000151. The smallest absolute Gasteiger partial charge is 0.269 e. The van der Waals surface area contributed by atoms with Crippen LogP contribution in [0.4, 0.5) is 73.9 Å². The summed E-state index contributed by atoms with van der Waals surface area (Å²) in [7, 11) is 0. The highest BCUT2D eigenvalue weighted by molar-refractivity contribution is 6.28. The molecule has 4 aromatic carbocycles. The van der Waals surface area contributed by atoms with Gasteiger partial charge in [0.25, 0.3) is 11.4 Å². The number of non-ortho nitro benzene ring substituents is 2. The van der Waals surface area contributed by atoms with Gasteiger partial charge in [0.15, 0.2) is 46.5 Å². The van der Waals surface area contributed by atoms with Crippen molar-refractivity contribution < 1.29 is 77.5 Å². The van der Waals surface area contributed by atoms with Crippen LogP contribution in [-0.4, -0.2) is 172 Å². The van der Waals surface area contributed by atoms with Gasteiger partial charge in [-0.25, -0.2) is 37.5 Å². The number of ether oxygens (including phenoxy) is 1. The fourth-order valence-electron chi connectivity index (χ4n) is 21.4. The maximum Gasteiger partial charge on any atom is 0.269 e. The quantitative estimate of drug-likeness (QED) is 0.00668.